The molecule has 2 unspecified atom stereocenters. The molecule has 1 saturated heterocycles. The molecule has 2 aromatic carbocycles. The van der Waals surface area contributed by atoms with Crippen molar-refractivity contribution in [2.24, 2.45) is 5.92 Å². The van der Waals surface area contributed by atoms with Crippen molar-refractivity contribution in [3.8, 4) is 28.4 Å². The third-order valence-electron chi connectivity index (χ3n) is 7.00. The van der Waals surface area contributed by atoms with Crippen LogP contribution in [0.3, 0.4) is 0 Å². The second-order valence-electron chi connectivity index (χ2n) is 9.50. The van der Waals surface area contributed by atoms with E-state index >= 15 is 0 Å². The van der Waals surface area contributed by atoms with Gasteiger partial charge in [0.2, 0.25) is 11.7 Å². The lowest BCUT2D eigenvalue weighted by molar-refractivity contribution is -0.122. The summed E-state index contributed by atoms with van der Waals surface area (Å²) >= 11 is 12.7. The fourth-order valence-electron chi connectivity index (χ4n) is 4.89. The smallest absolute Gasteiger partial charge is 0.220 e. The summed E-state index contributed by atoms with van der Waals surface area (Å²) in [6.07, 6.45) is 6.92. The summed E-state index contributed by atoms with van der Waals surface area (Å²) in [5.41, 5.74) is 2.56. The van der Waals surface area contributed by atoms with Gasteiger partial charge in [-0.25, -0.2) is 9.97 Å². The zero-order valence-electron chi connectivity index (χ0n) is 22.4. The molecule has 1 amide bonds. The molecule has 8 nitrogen and oxygen atoms in total. The van der Waals surface area contributed by atoms with Gasteiger partial charge in [-0.15, -0.1) is 0 Å². The van der Waals surface area contributed by atoms with Gasteiger partial charge in [0.25, 0.3) is 0 Å². The van der Waals surface area contributed by atoms with Crippen LogP contribution < -0.4 is 24.8 Å². The van der Waals surface area contributed by atoms with Gasteiger partial charge in [0.15, 0.2) is 11.5 Å². The van der Waals surface area contributed by atoms with Gasteiger partial charge in [-0.2, -0.15) is 0 Å². The SMILES string of the molecule is COc1cc(-c2cnc(CCC(=O)NC(Cc3cccc(Cl)c3Cl)C3CCCNC3)nc2)cc(OC)c1OC. The highest BCUT2D eigenvalue weighted by Gasteiger charge is 2.26. The number of methoxy groups -OCH3 is 3. The molecular weight excluding hydrogens is 539 g/mol. The van der Waals surface area contributed by atoms with Crippen LogP contribution in [0, 0.1) is 5.92 Å². The van der Waals surface area contributed by atoms with Gasteiger partial charge in [-0.1, -0.05) is 35.3 Å². The van der Waals surface area contributed by atoms with Crippen molar-refractivity contribution in [1.29, 1.82) is 0 Å². The van der Waals surface area contributed by atoms with Crippen LogP contribution in [0.25, 0.3) is 11.1 Å². The van der Waals surface area contributed by atoms with E-state index in [-0.39, 0.29) is 18.4 Å². The zero-order valence-corrected chi connectivity index (χ0v) is 23.9. The third-order valence-corrected chi connectivity index (χ3v) is 7.86. The zero-order chi connectivity index (χ0) is 27.8. The Bertz CT molecular complexity index is 1240. The first-order valence-corrected chi connectivity index (χ1v) is 13.7. The van der Waals surface area contributed by atoms with E-state index < -0.39 is 0 Å². The Balaban J connectivity index is 1.41. The van der Waals surface area contributed by atoms with Crippen molar-refractivity contribution in [2.75, 3.05) is 34.4 Å². The number of rotatable bonds is 11. The summed E-state index contributed by atoms with van der Waals surface area (Å²) in [7, 11) is 4.71. The first-order valence-electron chi connectivity index (χ1n) is 13.0. The van der Waals surface area contributed by atoms with E-state index in [0.29, 0.717) is 51.9 Å². The maximum atomic E-state index is 13.0. The predicted octanol–water partition coefficient (Wildman–Crippen LogP) is 5.14. The minimum atomic E-state index is -0.0513. The quantitative estimate of drug-likeness (QED) is 0.328. The van der Waals surface area contributed by atoms with Crippen LogP contribution in [-0.4, -0.2) is 56.3 Å². The van der Waals surface area contributed by atoms with Gasteiger partial charge in [0.1, 0.15) is 5.82 Å². The van der Waals surface area contributed by atoms with Crippen LogP contribution in [0.1, 0.15) is 30.7 Å². The standard InChI is InChI=1S/C29H34Cl2N4O4/c1-37-24-13-20(14-25(38-2)29(24)39-3)21-16-33-26(34-17-21)9-10-27(36)35-23(19-7-5-11-32-15-19)12-18-6-4-8-22(30)28(18)31/h4,6,8,13-14,16-17,19,23,32H,5,7,9-12,15H2,1-3H3,(H,35,36). The lowest BCUT2D eigenvalue weighted by Gasteiger charge is -2.32. The molecule has 0 aliphatic carbocycles. The van der Waals surface area contributed by atoms with E-state index in [2.05, 4.69) is 20.6 Å². The number of aryl methyl sites for hydroxylation is 1. The summed E-state index contributed by atoms with van der Waals surface area (Å²) in [6, 6.07) is 9.27. The summed E-state index contributed by atoms with van der Waals surface area (Å²) in [5.74, 6) is 2.49. The van der Waals surface area contributed by atoms with E-state index in [4.69, 9.17) is 37.4 Å². The minimum absolute atomic E-state index is 0.0407. The highest BCUT2D eigenvalue weighted by Crippen LogP contribution is 2.41. The number of benzene rings is 2. The van der Waals surface area contributed by atoms with Gasteiger partial charge in [-0.05, 0) is 67.6 Å². The molecule has 0 saturated carbocycles. The largest absolute Gasteiger partial charge is 0.493 e. The number of amides is 1. The number of nitrogens with one attached hydrogen (secondary N) is 2. The molecule has 0 radical (unpaired) electrons. The van der Waals surface area contributed by atoms with Gasteiger partial charge < -0.3 is 24.8 Å². The maximum Gasteiger partial charge on any atom is 0.220 e. The summed E-state index contributed by atoms with van der Waals surface area (Å²) in [5, 5.41) is 7.76. The van der Waals surface area contributed by atoms with Gasteiger partial charge >= 0.3 is 0 Å². The highest BCUT2D eigenvalue weighted by molar-refractivity contribution is 6.42. The Morgan fingerprint density at radius 2 is 1.79 bits per heavy atom. The third kappa shape index (κ3) is 7.32. The molecule has 2 heterocycles. The van der Waals surface area contributed by atoms with Crippen LogP contribution in [-0.2, 0) is 17.6 Å². The molecular formula is C29H34Cl2N4O4. The van der Waals surface area contributed by atoms with Crippen LogP contribution in [0.5, 0.6) is 17.2 Å². The van der Waals surface area contributed by atoms with E-state index in [1.807, 2.05) is 24.3 Å². The Hall–Kier alpha value is -3.07. The van der Waals surface area contributed by atoms with Crippen molar-refractivity contribution >= 4 is 29.1 Å². The molecule has 3 aromatic rings. The topological polar surface area (TPSA) is 94.6 Å². The fraction of sp³-hybridized carbons (Fsp3) is 0.414. The van der Waals surface area contributed by atoms with Gasteiger partial charge in [0, 0.05) is 36.8 Å². The Morgan fingerprint density at radius 3 is 2.41 bits per heavy atom. The fourth-order valence-corrected chi connectivity index (χ4v) is 5.28. The number of carbonyl (C=O) groups excluding carboxylic acids is 1. The highest BCUT2D eigenvalue weighted by atomic mass is 35.5. The molecule has 10 heteroatoms. The molecule has 4 rings (SSSR count). The lowest BCUT2D eigenvalue weighted by atomic mass is 9.87. The minimum Gasteiger partial charge on any atom is -0.493 e. The number of carbonyl (C=O) groups is 1. The van der Waals surface area contributed by atoms with Gasteiger partial charge in [-0.3, -0.25) is 4.79 Å². The second-order valence-corrected chi connectivity index (χ2v) is 10.3. The van der Waals surface area contributed by atoms with E-state index in [0.717, 1.165) is 42.6 Å². The van der Waals surface area contributed by atoms with Crippen LogP contribution in [0.2, 0.25) is 10.0 Å². The van der Waals surface area contributed by atoms with Crippen molar-refractivity contribution in [3.63, 3.8) is 0 Å². The molecule has 1 aliphatic heterocycles. The number of hydrogen-bond acceptors (Lipinski definition) is 7. The number of nitrogens with zero attached hydrogens (tertiary/aromatic N) is 2. The van der Waals surface area contributed by atoms with Gasteiger partial charge in [0.05, 0.1) is 31.4 Å². The van der Waals surface area contributed by atoms with Crippen LogP contribution in [0.15, 0.2) is 42.7 Å². The lowest BCUT2D eigenvalue weighted by Crippen LogP contribution is -2.47. The van der Waals surface area contributed by atoms with E-state index in [1.54, 1.807) is 39.8 Å². The van der Waals surface area contributed by atoms with E-state index in [9.17, 15) is 4.79 Å². The second kappa shape index (κ2) is 13.8. The summed E-state index contributed by atoms with van der Waals surface area (Å²) in [6.45, 7) is 1.85. The average Bonchev–Trinajstić information content (AvgIpc) is 2.97. The Morgan fingerprint density at radius 1 is 1.08 bits per heavy atom. The molecule has 1 aliphatic rings. The summed E-state index contributed by atoms with van der Waals surface area (Å²) in [4.78, 5) is 22.0. The van der Waals surface area contributed by atoms with Crippen LogP contribution in [0.4, 0.5) is 0 Å². The normalized spacial score (nSPS) is 15.9. The monoisotopic (exact) mass is 572 g/mol. The van der Waals surface area contributed by atoms with Crippen LogP contribution >= 0.6 is 23.2 Å². The molecule has 0 bridgehead atoms. The van der Waals surface area contributed by atoms with Crippen molar-refractivity contribution in [1.82, 2.24) is 20.6 Å². The molecule has 0 spiro atoms. The molecule has 208 valence electrons. The molecule has 39 heavy (non-hydrogen) atoms. The number of hydrogen-bond donors (Lipinski definition) is 2. The Labute approximate surface area is 239 Å². The average molecular weight is 574 g/mol. The first-order chi connectivity index (χ1) is 18.9. The maximum absolute atomic E-state index is 13.0. The van der Waals surface area contributed by atoms with E-state index in [1.165, 1.54) is 0 Å². The van der Waals surface area contributed by atoms with Crippen molar-refractivity contribution in [2.45, 2.75) is 38.1 Å². The first kappa shape index (κ1) is 28.9. The Kier molecular flexibility index (Phi) is 10.3. The number of ether oxygens (including phenoxy) is 3. The molecule has 2 N–H and O–H groups in total. The van der Waals surface area contributed by atoms with Crippen molar-refractivity contribution < 1.29 is 19.0 Å². The predicted molar refractivity (Wildman–Crippen MR) is 153 cm³/mol. The molecule has 1 aromatic heterocycles. The molecule has 2 atom stereocenters. The number of aromatic nitrogens is 2. The van der Waals surface area contributed by atoms with Crippen molar-refractivity contribution in [3.05, 3.63) is 64.2 Å². The summed E-state index contributed by atoms with van der Waals surface area (Å²) < 4.78 is 16.3. The molecule has 1 fully saturated rings. The number of halogens is 2. The number of piperidine rings is 1.